The molecule has 0 amide bonds. The first kappa shape index (κ1) is 28.0. The summed E-state index contributed by atoms with van der Waals surface area (Å²) in [5, 5.41) is 9.86. The van der Waals surface area contributed by atoms with Crippen molar-refractivity contribution in [1.82, 2.24) is 28.0 Å². The summed E-state index contributed by atoms with van der Waals surface area (Å²) in [6.45, 7) is -0.706. The molecule has 18 N–H and O–H groups in total. The zero-order valence-electron chi connectivity index (χ0n) is 14.9. The molecule has 1 unspecified atom stereocenters. The Morgan fingerprint density at radius 3 is 2.41 bits per heavy atom. The number of nitrogens with zero attached hydrogens (tertiary/aromatic N) is 2. The molecule has 0 bridgehead atoms. The van der Waals surface area contributed by atoms with Gasteiger partial charge in [0.05, 0.1) is 12.7 Å². The van der Waals surface area contributed by atoms with Crippen molar-refractivity contribution in [2.24, 2.45) is 0 Å². The maximum absolute atomic E-state index is 11.7. The molecule has 1 fully saturated rings. The van der Waals surface area contributed by atoms with Crippen molar-refractivity contribution in [3.8, 4) is 0 Å². The van der Waals surface area contributed by atoms with Crippen LogP contribution < -0.4 is 29.9 Å². The van der Waals surface area contributed by atoms with E-state index in [2.05, 4.69) is 13.8 Å². The smallest absolute Gasteiger partial charge is 0.390 e. The van der Waals surface area contributed by atoms with E-state index in [9.17, 15) is 19.0 Å². The predicted octanol–water partition coefficient (Wildman–Crippen LogP) is -0.171. The summed E-state index contributed by atoms with van der Waals surface area (Å²) in [5.74, 6) is 0.00508. The highest BCUT2D eigenvalue weighted by molar-refractivity contribution is 7.60. The average Bonchev–Trinajstić information content (AvgIpc) is 2.75. The summed E-state index contributed by atoms with van der Waals surface area (Å²) in [7, 11) is -10.3. The Bertz CT molecular complexity index is 755. The van der Waals surface area contributed by atoms with Gasteiger partial charge < -0.3 is 48.7 Å². The molecule has 0 saturated carbocycles. The maximum atomic E-state index is 11.7. The van der Waals surface area contributed by atoms with Gasteiger partial charge in [-0.3, -0.25) is 9.09 Å². The van der Waals surface area contributed by atoms with Crippen molar-refractivity contribution in [3.05, 3.63) is 22.7 Å². The monoisotopic (exact) mass is 444 g/mol. The molecule has 1 aromatic rings. The molecule has 18 heteroatoms. The Kier molecular flexibility index (Phi) is 10.7. The van der Waals surface area contributed by atoms with Gasteiger partial charge in [0.25, 0.3) is 0 Å². The van der Waals surface area contributed by atoms with Crippen LogP contribution in [0.4, 0.5) is 5.82 Å². The lowest BCUT2D eigenvalue weighted by Gasteiger charge is -2.18. The van der Waals surface area contributed by atoms with Crippen LogP contribution in [0.2, 0.25) is 0 Å². The molecule has 0 aliphatic carbocycles. The Labute approximate surface area is 152 Å². The molecule has 1 aliphatic heterocycles. The number of quaternary nitrogens is 3. The topological polar surface area (TPSA) is 313 Å². The van der Waals surface area contributed by atoms with Crippen LogP contribution in [0.15, 0.2) is 17.1 Å². The van der Waals surface area contributed by atoms with E-state index in [1.54, 1.807) is 0 Å². The van der Waals surface area contributed by atoms with E-state index in [0.29, 0.717) is 0 Å². The van der Waals surface area contributed by atoms with Gasteiger partial charge in [0.15, 0.2) is 0 Å². The van der Waals surface area contributed by atoms with Crippen LogP contribution >= 0.6 is 15.6 Å². The third-order valence-electron chi connectivity index (χ3n) is 2.98. The lowest BCUT2D eigenvalue weighted by molar-refractivity contribution is -0.0449. The zero-order chi connectivity index (χ0) is 18.1. The molecule has 1 aliphatic rings. The molecule has 1 aromatic heterocycles. The molecular formula is C9H27N6O10P2+3. The minimum atomic E-state index is -5.24. The predicted molar refractivity (Wildman–Crippen MR) is 94.3 cm³/mol. The fourth-order valence-corrected chi connectivity index (χ4v) is 3.61. The van der Waals surface area contributed by atoms with Crippen LogP contribution in [0.25, 0.3) is 0 Å². The number of nitrogens with two attached hydrogens (primary N) is 1. The maximum Gasteiger partial charge on any atom is 0.481 e. The second-order valence-electron chi connectivity index (χ2n) is 4.81. The molecule has 2 rings (SSSR count). The number of phosphoric ester groups is 1. The third-order valence-corrected chi connectivity index (χ3v) is 5.13. The number of hydrogen-bond acceptors (Lipinski definition) is 9. The van der Waals surface area contributed by atoms with Gasteiger partial charge in [0.1, 0.15) is 18.1 Å². The molecule has 160 valence electrons. The number of rotatable bonds is 6. The first-order valence-corrected chi connectivity index (χ1v) is 9.42. The molecule has 0 aromatic carbocycles. The Balaban J connectivity index is 0. The number of aromatic nitrogens is 2. The van der Waals surface area contributed by atoms with Crippen LogP contribution in [0, 0.1) is 0 Å². The molecule has 2 heterocycles. The minimum absolute atomic E-state index is 0. The van der Waals surface area contributed by atoms with Crippen LogP contribution in [0.3, 0.4) is 0 Å². The van der Waals surface area contributed by atoms with Gasteiger partial charge in [-0.15, -0.1) is 0 Å². The van der Waals surface area contributed by atoms with E-state index in [-0.39, 0.29) is 30.7 Å². The summed E-state index contributed by atoms with van der Waals surface area (Å²) in [6.07, 6.45) is -1.97. The van der Waals surface area contributed by atoms with E-state index < -0.39 is 46.4 Å². The van der Waals surface area contributed by atoms with E-state index in [4.69, 9.17) is 25.2 Å². The number of ether oxygens (including phenoxy) is 1. The third kappa shape index (κ3) is 8.10. The molecule has 16 nitrogen and oxygen atoms in total. The fourth-order valence-electron chi connectivity index (χ4n) is 2.01. The Morgan fingerprint density at radius 2 is 1.89 bits per heavy atom. The number of anilines is 1. The largest absolute Gasteiger partial charge is 0.481 e. The summed E-state index contributed by atoms with van der Waals surface area (Å²) >= 11 is 0. The lowest BCUT2D eigenvalue weighted by atomic mass is 10.2. The van der Waals surface area contributed by atoms with Crippen molar-refractivity contribution >= 4 is 21.5 Å². The second kappa shape index (κ2) is 10.3. The summed E-state index contributed by atoms with van der Waals surface area (Å²) < 4.78 is 36.2. The molecule has 0 spiro atoms. The van der Waals surface area contributed by atoms with Crippen molar-refractivity contribution in [2.45, 2.75) is 24.9 Å². The highest BCUT2D eigenvalue weighted by atomic mass is 31.3. The van der Waals surface area contributed by atoms with Gasteiger partial charge in [-0.1, -0.05) is 0 Å². The number of aliphatic hydroxyl groups is 1. The molecule has 1 saturated heterocycles. The quantitative estimate of drug-likeness (QED) is 0.265. The van der Waals surface area contributed by atoms with Crippen molar-refractivity contribution in [3.63, 3.8) is 0 Å². The van der Waals surface area contributed by atoms with Crippen LogP contribution in [0.5, 0.6) is 0 Å². The average molecular weight is 444 g/mol. The van der Waals surface area contributed by atoms with Crippen LogP contribution in [-0.4, -0.2) is 48.2 Å². The Morgan fingerprint density at radius 1 is 1.30 bits per heavy atom. The first-order valence-electron chi connectivity index (χ1n) is 6.39. The van der Waals surface area contributed by atoms with Gasteiger partial charge in [0, 0.05) is 12.6 Å². The number of aliphatic hydroxyl groups excluding tert-OH is 1. The fraction of sp³-hybridized carbons (Fsp3) is 0.556. The van der Waals surface area contributed by atoms with E-state index in [0.717, 1.165) is 4.57 Å². The SMILES string of the molecule is Nc1cc[15n]([C@H]2C[C@H](O)[C@@H](COP(=O)(O)OP(=O)(O)O)O2)[13c](=O)[15n]1.[NH4+].[NH4+].[NH4+]. The molecule has 4 atom stereocenters. The van der Waals surface area contributed by atoms with Crippen LogP contribution in [-0.2, 0) is 22.7 Å². The molecule has 27 heavy (non-hydrogen) atoms. The van der Waals surface area contributed by atoms with Gasteiger partial charge in [-0.25, -0.2) is 13.9 Å². The van der Waals surface area contributed by atoms with Crippen molar-refractivity contribution < 1.29 is 42.5 Å². The number of phosphoric acid groups is 2. The van der Waals surface area contributed by atoms with E-state index >= 15 is 0 Å². The van der Waals surface area contributed by atoms with Gasteiger partial charge >= 0.3 is 21.3 Å². The second-order valence-corrected chi connectivity index (χ2v) is 7.64. The molecule has 0 radical (unpaired) electrons. The number of nitrogen functional groups attached to an aromatic ring is 1. The number of hydrogen-bond donors (Lipinski definition) is 8. The van der Waals surface area contributed by atoms with Gasteiger partial charge in [-0.2, -0.15) is 9.29 Å². The van der Waals surface area contributed by atoms with Crippen LogP contribution in [0.1, 0.15) is 12.6 Å². The standard InChI is InChI=1S/C9H15N3O10P2.3H3N/c10-7-1-2-12(9(14)11-7)8-3-5(13)6(21-8)4-20-24(18,19)22-23(15,16)17;;;/h1-2,5-6,8,13H,3-4H2,(H,18,19)(H2,10,11,14)(H2,15,16,17);3*1H3/p+3/t5-,6+,8+;;;/m0.../s1/i9+1,11+1,12+1;;;. The lowest BCUT2D eigenvalue weighted by Crippen LogP contribution is -2.28. The van der Waals surface area contributed by atoms with E-state index in [1.165, 1.54) is 12.3 Å². The van der Waals surface area contributed by atoms with Gasteiger partial charge in [0.2, 0.25) is 0 Å². The highest BCUT2D eigenvalue weighted by Gasteiger charge is 2.39. The Hall–Kier alpha value is -1.26. The normalized spacial score (nSPS) is 24.1. The zero-order valence-corrected chi connectivity index (χ0v) is 16.7. The summed E-state index contributed by atoms with van der Waals surface area (Å²) in [6, 6.07) is 1.34. The summed E-state index contributed by atoms with van der Waals surface area (Å²) in [5.41, 5.74) is 4.64. The summed E-state index contributed by atoms with van der Waals surface area (Å²) in [4.78, 5) is 41.3. The van der Waals surface area contributed by atoms with Gasteiger partial charge in [-0.05, 0) is 6.07 Å². The van der Waals surface area contributed by atoms with Crippen molar-refractivity contribution in [1.29, 1.82) is 0 Å². The minimum Gasteiger partial charge on any atom is -0.390 e. The first-order chi connectivity index (χ1) is 11.0. The van der Waals surface area contributed by atoms with Crippen molar-refractivity contribution in [2.75, 3.05) is 12.3 Å². The van der Waals surface area contributed by atoms with E-state index in [1.807, 2.05) is 0 Å². The molecular weight excluding hydrogens is 417 g/mol. The highest BCUT2D eigenvalue weighted by Crippen LogP contribution is 2.57.